The van der Waals surface area contributed by atoms with E-state index in [4.69, 9.17) is 9.72 Å². The predicted octanol–water partition coefficient (Wildman–Crippen LogP) is 3.48. The summed E-state index contributed by atoms with van der Waals surface area (Å²) in [6.07, 6.45) is 9.39. The van der Waals surface area contributed by atoms with Crippen LogP contribution in [0.5, 0.6) is 0 Å². The normalized spacial score (nSPS) is 17.6. The number of rotatable bonds is 8. The second-order valence-electron chi connectivity index (χ2n) is 6.97. The van der Waals surface area contributed by atoms with Gasteiger partial charge in [-0.05, 0) is 19.3 Å². The maximum atomic E-state index is 13.1. The molecule has 3 rings (SSSR count). The molecule has 140 valence electrons. The van der Waals surface area contributed by atoms with Crippen LogP contribution in [0, 0.1) is 0 Å². The summed E-state index contributed by atoms with van der Waals surface area (Å²) in [5, 5.41) is 0.907. The van der Waals surface area contributed by atoms with Crippen LogP contribution in [0.25, 0.3) is 0 Å². The van der Waals surface area contributed by atoms with E-state index in [9.17, 15) is 4.79 Å². The maximum absolute atomic E-state index is 13.1. The summed E-state index contributed by atoms with van der Waals surface area (Å²) in [5.41, 5.74) is 1.14. The van der Waals surface area contributed by atoms with Crippen molar-refractivity contribution in [2.24, 2.45) is 0 Å². The molecule has 0 unspecified atom stereocenters. The molecule has 2 aliphatic rings. The molecule has 0 saturated carbocycles. The monoisotopic (exact) mass is 365 g/mol. The smallest absolute Gasteiger partial charge is 0.259 e. The molecule has 0 radical (unpaired) electrons. The van der Waals surface area contributed by atoms with E-state index < -0.39 is 0 Å². The Morgan fingerprint density at radius 2 is 1.84 bits per heavy atom. The van der Waals surface area contributed by atoms with Gasteiger partial charge in [0.15, 0.2) is 5.16 Å². The van der Waals surface area contributed by atoms with Crippen LogP contribution in [0.2, 0.25) is 0 Å². The van der Waals surface area contributed by atoms with Crippen molar-refractivity contribution in [3.63, 3.8) is 0 Å². The van der Waals surface area contributed by atoms with E-state index in [0.29, 0.717) is 0 Å². The van der Waals surface area contributed by atoms with Crippen molar-refractivity contribution in [1.82, 2.24) is 9.55 Å². The molecule has 0 spiro atoms. The van der Waals surface area contributed by atoms with Gasteiger partial charge in [0.25, 0.3) is 5.56 Å². The maximum Gasteiger partial charge on any atom is 0.259 e. The minimum Gasteiger partial charge on any atom is -0.378 e. The summed E-state index contributed by atoms with van der Waals surface area (Å²) in [6, 6.07) is 0. The molecule has 0 atom stereocenters. The summed E-state index contributed by atoms with van der Waals surface area (Å²) >= 11 is 1.72. The third-order valence-corrected chi connectivity index (χ3v) is 6.12. The SMILES string of the molecule is CCCCCCCCc1c(N2CCOCC2)nc2n(c1=O)CCCS2. The van der Waals surface area contributed by atoms with Gasteiger partial charge in [-0.25, -0.2) is 4.98 Å². The van der Waals surface area contributed by atoms with Gasteiger partial charge in [0.1, 0.15) is 5.82 Å². The number of thioether (sulfide) groups is 1. The van der Waals surface area contributed by atoms with E-state index in [2.05, 4.69) is 11.8 Å². The molecule has 1 saturated heterocycles. The molecular weight excluding hydrogens is 334 g/mol. The van der Waals surface area contributed by atoms with E-state index in [-0.39, 0.29) is 5.56 Å². The zero-order chi connectivity index (χ0) is 17.5. The lowest BCUT2D eigenvalue weighted by molar-refractivity contribution is 0.122. The minimum atomic E-state index is 0.201. The van der Waals surface area contributed by atoms with Gasteiger partial charge in [-0.3, -0.25) is 9.36 Å². The highest BCUT2D eigenvalue weighted by Crippen LogP contribution is 2.27. The predicted molar refractivity (Wildman–Crippen MR) is 104 cm³/mol. The van der Waals surface area contributed by atoms with Gasteiger partial charge in [-0.1, -0.05) is 50.8 Å². The number of aromatic nitrogens is 2. The number of unbranched alkanes of at least 4 members (excludes halogenated alkanes) is 5. The van der Waals surface area contributed by atoms with Crippen LogP contribution in [0.4, 0.5) is 5.82 Å². The van der Waals surface area contributed by atoms with Gasteiger partial charge in [0.05, 0.1) is 18.8 Å². The molecule has 0 amide bonds. The highest BCUT2D eigenvalue weighted by Gasteiger charge is 2.23. The summed E-state index contributed by atoms with van der Waals surface area (Å²) in [4.78, 5) is 20.3. The third-order valence-electron chi connectivity index (χ3n) is 5.05. The van der Waals surface area contributed by atoms with E-state index in [0.717, 1.165) is 74.4 Å². The first-order valence-corrected chi connectivity index (χ1v) is 10.9. The molecule has 25 heavy (non-hydrogen) atoms. The van der Waals surface area contributed by atoms with Crippen molar-refractivity contribution in [2.45, 2.75) is 70.0 Å². The topological polar surface area (TPSA) is 47.4 Å². The Balaban J connectivity index is 1.76. The third kappa shape index (κ3) is 4.79. The van der Waals surface area contributed by atoms with Crippen LogP contribution in [0.1, 0.15) is 57.4 Å². The van der Waals surface area contributed by atoms with Gasteiger partial charge < -0.3 is 9.64 Å². The first-order valence-electron chi connectivity index (χ1n) is 9.90. The number of nitrogens with zero attached hydrogens (tertiary/aromatic N) is 3. The summed E-state index contributed by atoms with van der Waals surface area (Å²) in [6.45, 7) is 6.19. The number of hydrogen-bond acceptors (Lipinski definition) is 5. The van der Waals surface area contributed by atoms with E-state index in [1.165, 1.54) is 32.1 Å². The van der Waals surface area contributed by atoms with E-state index in [1.807, 2.05) is 4.57 Å². The lowest BCUT2D eigenvalue weighted by Crippen LogP contribution is -2.40. The van der Waals surface area contributed by atoms with Crippen molar-refractivity contribution in [3.8, 4) is 0 Å². The quantitative estimate of drug-likeness (QED) is 0.521. The van der Waals surface area contributed by atoms with Crippen molar-refractivity contribution in [3.05, 3.63) is 15.9 Å². The Labute approximate surface area is 155 Å². The molecule has 0 aromatic carbocycles. The molecule has 1 aromatic rings. The number of fused-ring (bicyclic) bond motifs is 1. The molecular formula is C19H31N3O2S. The largest absolute Gasteiger partial charge is 0.378 e. The van der Waals surface area contributed by atoms with Crippen molar-refractivity contribution in [1.29, 1.82) is 0 Å². The molecule has 6 heteroatoms. The van der Waals surface area contributed by atoms with Crippen LogP contribution in [-0.2, 0) is 17.7 Å². The number of hydrogen-bond donors (Lipinski definition) is 0. The lowest BCUT2D eigenvalue weighted by atomic mass is 10.1. The zero-order valence-electron chi connectivity index (χ0n) is 15.5. The summed E-state index contributed by atoms with van der Waals surface area (Å²) < 4.78 is 7.39. The summed E-state index contributed by atoms with van der Waals surface area (Å²) in [7, 11) is 0. The molecule has 5 nitrogen and oxygen atoms in total. The lowest BCUT2D eigenvalue weighted by Gasteiger charge is -2.31. The first-order chi connectivity index (χ1) is 12.3. The summed E-state index contributed by atoms with van der Waals surface area (Å²) in [5.74, 6) is 1.99. The number of anilines is 1. The molecule has 2 aliphatic heterocycles. The van der Waals surface area contributed by atoms with Gasteiger partial charge in [0.2, 0.25) is 0 Å². The Morgan fingerprint density at radius 3 is 2.64 bits per heavy atom. The Kier molecular flexibility index (Phi) is 7.23. The average molecular weight is 366 g/mol. The fourth-order valence-corrected chi connectivity index (χ4v) is 4.53. The average Bonchev–Trinajstić information content (AvgIpc) is 2.66. The molecule has 3 heterocycles. The van der Waals surface area contributed by atoms with Crippen molar-refractivity contribution in [2.75, 3.05) is 37.0 Å². The zero-order valence-corrected chi connectivity index (χ0v) is 16.3. The second-order valence-corrected chi connectivity index (χ2v) is 8.03. The van der Waals surface area contributed by atoms with Crippen LogP contribution in [0.15, 0.2) is 9.95 Å². The number of ether oxygens (including phenoxy) is 1. The van der Waals surface area contributed by atoms with Crippen LogP contribution in [-0.4, -0.2) is 41.6 Å². The Bertz CT molecular complexity index is 611. The molecule has 1 fully saturated rings. The first kappa shape index (κ1) is 18.8. The van der Waals surface area contributed by atoms with Gasteiger partial charge in [-0.15, -0.1) is 0 Å². The fourth-order valence-electron chi connectivity index (χ4n) is 3.59. The molecule has 0 aliphatic carbocycles. The Hall–Kier alpha value is -1.01. The highest BCUT2D eigenvalue weighted by atomic mass is 32.2. The van der Waals surface area contributed by atoms with Crippen molar-refractivity contribution < 1.29 is 4.74 Å². The molecule has 0 bridgehead atoms. The molecule has 1 aromatic heterocycles. The van der Waals surface area contributed by atoms with Gasteiger partial charge >= 0.3 is 0 Å². The molecule has 0 N–H and O–H groups in total. The standard InChI is InChI=1S/C19H31N3O2S/c1-2-3-4-5-6-7-9-16-17(21-11-13-24-14-12-21)20-19-22(18(16)23)10-8-15-25-19/h2-15H2,1H3. The van der Waals surface area contributed by atoms with Crippen LogP contribution in [0.3, 0.4) is 0 Å². The van der Waals surface area contributed by atoms with E-state index in [1.54, 1.807) is 11.8 Å². The Morgan fingerprint density at radius 1 is 1.08 bits per heavy atom. The highest BCUT2D eigenvalue weighted by molar-refractivity contribution is 7.99. The fraction of sp³-hybridized carbons (Fsp3) is 0.789. The van der Waals surface area contributed by atoms with Crippen molar-refractivity contribution >= 4 is 17.6 Å². The van der Waals surface area contributed by atoms with Gasteiger partial charge in [0, 0.05) is 25.4 Å². The second kappa shape index (κ2) is 9.62. The number of morpholine rings is 1. The van der Waals surface area contributed by atoms with Gasteiger partial charge in [-0.2, -0.15) is 0 Å². The van der Waals surface area contributed by atoms with Crippen LogP contribution < -0.4 is 10.5 Å². The van der Waals surface area contributed by atoms with E-state index >= 15 is 0 Å². The minimum absolute atomic E-state index is 0.201. The van der Waals surface area contributed by atoms with Crippen LogP contribution >= 0.6 is 11.8 Å².